The molecule has 3 nitrogen and oxygen atoms in total. The molecule has 0 aromatic heterocycles. The van der Waals surface area contributed by atoms with Crippen LogP contribution in [-0.4, -0.2) is 23.6 Å². The first-order valence-electron chi connectivity index (χ1n) is 5.16. The highest BCUT2D eigenvalue weighted by Gasteiger charge is 2.11. The van der Waals surface area contributed by atoms with E-state index in [0.717, 1.165) is 6.07 Å². The zero-order valence-electron chi connectivity index (χ0n) is 9.37. The Morgan fingerprint density at radius 3 is 2.81 bits per heavy atom. The van der Waals surface area contributed by atoms with Gasteiger partial charge in [0.15, 0.2) is 5.78 Å². The summed E-state index contributed by atoms with van der Waals surface area (Å²) in [5, 5.41) is 9.32. The summed E-state index contributed by atoms with van der Waals surface area (Å²) < 4.78 is 18.2. The zero-order chi connectivity index (χ0) is 12.1. The minimum absolute atomic E-state index is 0.0996. The molecule has 16 heavy (non-hydrogen) atoms. The van der Waals surface area contributed by atoms with Gasteiger partial charge in [0.25, 0.3) is 0 Å². The molecule has 0 aliphatic carbocycles. The maximum absolute atomic E-state index is 12.9. The van der Waals surface area contributed by atoms with Crippen LogP contribution in [-0.2, 0) is 0 Å². The van der Waals surface area contributed by atoms with Crippen molar-refractivity contribution in [3.63, 3.8) is 0 Å². The van der Waals surface area contributed by atoms with Gasteiger partial charge in [0.2, 0.25) is 0 Å². The number of aliphatic hydroxyl groups excluding tert-OH is 1. The first-order valence-corrected chi connectivity index (χ1v) is 5.16. The third-order valence-electron chi connectivity index (χ3n) is 2.22. The van der Waals surface area contributed by atoms with E-state index in [0.29, 0.717) is 12.2 Å². The molecule has 0 saturated carbocycles. The third kappa shape index (κ3) is 3.31. The largest absolute Gasteiger partial charge is 0.490 e. The van der Waals surface area contributed by atoms with Crippen molar-refractivity contribution >= 4 is 5.78 Å². The molecule has 0 saturated heterocycles. The van der Waals surface area contributed by atoms with Crippen LogP contribution < -0.4 is 4.74 Å². The van der Waals surface area contributed by atoms with Crippen LogP contribution in [0.2, 0.25) is 0 Å². The fourth-order valence-electron chi connectivity index (χ4n) is 1.21. The summed E-state index contributed by atoms with van der Waals surface area (Å²) >= 11 is 0. The SMILES string of the molecule is CCC(O)COc1ccc(F)cc1C(C)=O. The van der Waals surface area contributed by atoms with Gasteiger partial charge in [0, 0.05) is 0 Å². The molecule has 0 fully saturated rings. The summed E-state index contributed by atoms with van der Waals surface area (Å²) in [4.78, 5) is 11.2. The van der Waals surface area contributed by atoms with Gasteiger partial charge in [0.1, 0.15) is 18.2 Å². The van der Waals surface area contributed by atoms with Crippen LogP contribution in [0.5, 0.6) is 5.75 Å². The molecule has 1 aromatic carbocycles. The smallest absolute Gasteiger partial charge is 0.163 e. The number of carbonyl (C=O) groups is 1. The molecule has 1 rings (SSSR count). The fraction of sp³-hybridized carbons (Fsp3) is 0.417. The molecule has 0 spiro atoms. The Bertz CT molecular complexity index is 377. The van der Waals surface area contributed by atoms with Gasteiger partial charge in [-0.25, -0.2) is 4.39 Å². The highest BCUT2D eigenvalue weighted by atomic mass is 19.1. The summed E-state index contributed by atoms with van der Waals surface area (Å²) in [6.45, 7) is 3.27. The fourth-order valence-corrected chi connectivity index (χ4v) is 1.21. The van der Waals surface area contributed by atoms with E-state index in [4.69, 9.17) is 4.74 Å². The van der Waals surface area contributed by atoms with Gasteiger partial charge in [-0.2, -0.15) is 0 Å². The molecule has 0 heterocycles. The first-order chi connectivity index (χ1) is 7.54. The van der Waals surface area contributed by atoms with E-state index in [1.54, 1.807) is 0 Å². The second kappa shape index (κ2) is 5.61. The number of Topliss-reactive ketones (excluding diaryl/α,β-unsaturated/α-hetero) is 1. The van der Waals surface area contributed by atoms with E-state index in [9.17, 15) is 14.3 Å². The molecule has 0 radical (unpaired) electrons. The second-order valence-electron chi connectivity index (χ2n) is 3.57. The minimum atomic E-state index is -0.579. The molecule has 0 bridgehead atoms. The summed E-state index contributed by atoms with van der Waals surface area (Å²) in [6.07, 6.45) is -0.0128. The normalized spacial score (nSPS) is 12.2. The van der Waals surface area contributed by atoms with Crippen molar-refractivity contribution in [2.45, 2.75) is 26.4 Å². The lowest BCUT2D eigenvalue weighted by Gasteiger charge is -2.12. The van der Waals surface area contributed by atoms with Gasteiger partial charge in [-0.1, -0.05) is 6.92 Å². The first kappa shape index (κ1) is 12.6. The highest BCUT2D eigenvalue weighted by molar-refractivity contribution is 5.96. The minimum Gasteiger partial charge on any atom is -0.490 e. The number of rotatable bonds is 5. The quantitative estimate of drug-likeness (QED) is 0.783. The van der Waals surface area contributed by atoms with Crippen LogP contribution in [0.4, 0.5) is 4.39 Å². The van der Waals surface area contributed by atoms with E-state index < -0.39 is 11.9 Å². The van der Waals surface area contributed by atoms with Crippen LogP contribution >= 0.6 is 0 Å². The van der Waals surface area contributed by atoms with Gasteiger partial charge in [0.05, 0.1) is 11.7 Å². The van der Waals surface area contributed by atoms with Crippen molar-refractivity contribution < 1.29 is 19.0 Å². The summed E-state index contributed by atoms with van der Waals surface area (Å²) in [5.41, 5.74) is 0.198. The Hall–Kier alpha value is -1.42. The van der Waals surface area contributed by atoms with Gasteiger partial charge in [-0.15, -0.1) is 0 Å². The monoisotopic (exact) mass is 226 g/mol. The molecule has 88 valence electrons. The van der Waals surface area contributed by atoms with Crippen LogP contribution in [0.15, 0.2) is 18.2 Å². The van der Waals surface area contributed by atoms with Crippen molar-refractivity contribution in [2.75, 3.05) is 6.61 Å². The molecule has 1 atom stereocenters. The van der Waals surface area contributed by atoms with E-state index in [-0.39, 0.29) is 18.0 Å². The summed E-state index contributed by atoms with van der Waals surface area (Å²) in [7, 11) is 0. The molecule has 0 aliphatic rings. The van der Waals surface area contributed by atoms with Gasteiger partial charge < -0.3 is 9.84 Å². The number of ether oxygens (including phenoxy) is 1. The van der Waals surface area contributed by atoms with Gasteiger partial charge in [-0.05, 0) is 31.5 Å². The van der Waals surface area contributed by atoms with Crippen LogP contribution in [0, 0.1) is 5.82 Å². The molecule has 4 heteroatoms. The lowest BCUT2D eigenvalue weighted by molar-refractivity contribution is 0.0965. The van der Waals surface area contributed by atoms with Crippen LogP contribution in [0.25, 0.3) is 0 Å². The summed E-state index contributed by atoms with van der Waals surface area (Å²) in [5.74, 6) is -0.435. The Balaban J connectivity index is 2.82. The maximum Gasteiger partial charge on any atom is 0.163 e. The average molecular weight is 226 g/mol. The Kier molecular flexibility index (Phi) is 4.43. The van der Waals surface area contributed by atoms with Crippen molar-refractivity contribution in [2.24, 2.45) is 0 Å². The zero-order valence-corrected chi connectivity index (χ0v) is 9.37. The molecular weight excluding hydrogens is 211 g/mol. The summed E-state index contributed by atoms with van der Waals surface area (Å²) in [6, 6.07) is 3.75. The molecular formula is C12H15FO3. The predicted octanol–water partition coefficient (Wildman–Crippen LogP) is 2.18. The van der Waals surface area contributed by atoms with Crippen LogP contribution in [0.3, 0.4) is 0 Å². The van der Waals surface area contributed by atoms with E-state index >= 15 is 0 Å². The van der Waals surface area contributed by atoms with E-state index in [1.807, 2.05) is 6.92 Å². The lowest BCUT2D eigenvalue weighted by Crippen LogP contribution is -2.17. The Morgan fingerprint density at radius 2 is 2.25 bits per heavy atom. The second-order valence-corrected chi connectivity index (χ2v) is 3.57. The van der Waals surface area contributed by atoms with Gasteiger partial charge >= 0.3 is 0 Å². The number of ketones is 1. The molecule has 1 unspecified atom stereocenters. The maximum atomic E-state index is 12.9. The van der Waals surface area contributed by atoms with Crippen molar-refractivity contribution in [1.29, 1.82) is 0 Å². The highest BCUT2D eigenvalue weighted by Crippen LogP contribution is 2.20. The number of hydrogen-bond acceptors (Lipinski definition) is 3. The van der Waals surface area contributed by atoms with Crippen molar-refractivity contribution in [3.8, 4) is 5.75 Å². The molecule has 1 aromatic rings. The molecule has 0 aliphatic heterocycles. The van der Waals surface area contributed by atoms with E-state index in [1.165, 1.54) is 19.1 Å². The average Bonchev–Trinajstić information content (AvgIpc) is 2.26. The number of hydrogen-bond donors (Lipinski definition) is 1. The van der Waals surface area contributed by atoms with Crippen molar-refractivity contribution in [1.82, 2.24) is 0 Å². The Labute approximate surface area is 93.9 Å². The number of aliphatic hydroxyl groups is 1. The predicted molar refractivity (Wildman–Crippen MR) is 58.2 cm³/mol. The number of carbonyl (C=O) groups excluding carboxylic acids is 1. The molecule has 0 amide bonds. The third-order valence-corrected chi connectivity index (χ3v) is 2.22. The van der Waals surface area contributed by atoms with Gasteiger partial charge in [-0.3, -0.25) is 4.79 Å². The Morgan fingerprint density at radius 1 is 1.56 bits per heavy atom. The number of benzene rings is 1. The topological polar surface area (TPSA) is 46.5 Å². The van der Waals surface area contributed by atoms with Crippen molar-refractivity contribution in [3.05, 3.63) is 29.6 Å². The standard InChI is InChI=1S/C12H15FO3/c1-3-10(15)7-16-12-5-4-9(13)6-11(12)8(2)14/h4-6,10,15H,3,7H2,1-2H3. The number of halogens is 1. The van der Waals surface area contributed by atoms with Crippen LogP contribution in [0.1, 0.15) is 30.6 Å². The van der Waals surface area contributed by atoms with E-state index in [2.05, 4.69) is 0 Å². The molecule has 1 N–H and O–H groups in total. The lowest BCUT2D eigenvalue weighted by atomic mass is 10.1.